The second-order valence-electron chi connectivity index (χ2n) is 3.09. The Kier molecular flexibility index (Phi) is 3.28. The molecule has 76 valence electrons. The van der Waals surface area contributed by atoms with Crippen LogP contribution >= 0.6 is 0 Å². The maximum absolute atomic E-state index is 10.3. The molecule has 5 heteroatoms. The molecular formula is C9H13N3O2. The number of carbonyl (C=O) groups is 1. The van der Waals surface area contributed by atoms with Gasteiger partial charge in [-0.25, -0.2) is 4.79 Å². The van der Waals surface area contributed by atoms with E-state index in [0.29, 0.717) is 6.54 Å². The van der Waals surface area contributed by atoms with E-state index in [2.05, 4.69) is 10.4 Å². The lowest BCUT2D eigenvalue weighted by Gasteiger charge is -2.01. The Balaban J connectivity index is 2.45. The van der Waals surface area contributed by atoms with Crippen molar-refractivity contribution in [3.8, 4) is 0 Å². The van der Waals surface area contributed by atoms with Gasteiger partial charge in [-0.1, -0.05) is 0 Å². The number of hydrogen-bond donors (Lipinski definition) is 2. The van der Waals surface area contributed by atoms with Gasteiger partial charge in [-0.15, -0.1) is 0 Å². The van der Waals surface area contributed by atoms with E-state index in [-0.39, 0.29) is 0 Å². The van der Waals surface area contributed by atoms with Gasteiger partial charge in [0.2, 0.25) is 0 Å². The number of anilines is 1. The molecule has 0 fully saturated rings. The molecule has 0 bridgehead atoms. The van der Waals surface area contributed by atoms with Gasteiger partial charge in [0, 0.05) is 25.9 Å². The Hall–Kier alpha value is -1.78. The Morgan fingerprint density at radius 2 is 2.50 bits per heavy atom. The molecule has 0 amide bonds. The molecule has 0 saturated carbocycles. The van der Waals surface area contributed by atoms with Gasteiger partial charge in [0.25, 0.3) is 0 Å². The van der Waals surface area contributed by atoms with Crippen molar-refractivity contribution in [1.29, 1.82) is 0 Å². The van der Waals surface area contributed by atoms with Crippen LogP contribution in [0.25, 0.3) is 0 Å². The summed E-state index contributed by atoms with van der Waals surface area (Å²) in [5, 5.41) is 15.5. The van der Waals surface area contributed by atoms with Crippen LogP contribution in [0.2, 0.25) is 0 Å². The first-order chi connectivity index (χ1) is 6.58. The number of aryl methyl sites for hydroxylation is 1. The molecule has 0 atom stereocenters. The van der Waals surface area contributed by atoms with Crippen LogP contribution in [-0.4, -0.2) is 27.4 Å². The van der Waals surface area contributed by atoms with Crippen molar-refractivity contribution in [3.63, 3.8) is 0 Å². The Labute approximate surface area is 82.0 Å². The summed E-state index contributed by atoms with van der Waals surface area (Å²) in [5.41, 5.74) is 1.65. The molecule has 0 aliphatic rings. The monoisotopic (exact) mass is 195 g/mol. The molecule has 1 rings (SSSR count). The largest absolute Gasteiger partial charge is 0.478 e. The van der Waals surface area contributed by atoms with Gasteiger partial charge in [0.05, 0.1) is 11.9 Å². The molecule has 1 heterocycles. The van der Waals surface area contributed by atoms with Gasteiger partial charge in [0.1, 0.15) is 0 Å². The fraction of sp³-hybridized carbons (Fsp3) is 0.333. The minimum absolute atomic E-state index is 0.512. The summed E-state index contributed by atoms with van der Waals surface area (Å²) < 4.78 is 1.68. The molecule has 2 N–H and O–H groups in total. The molecule has 14 heavy (non-hydrogen) atoms. The summed E-state index contributed by atoms with van der Waals surface area (Å²) in [7, 11) is 1.82. The zero-order valence-electron chi connectivity index (χ0n) is 8.19. The van der Waals surface area contributed by atoms with Crippen molar-refractivity contribution in [3.05, 3.63) is 24.0 Å². The van der Waals surface area contributed by atoms with Crippen LogP contribution in [0.15, 0.2) is 24.0 Å². The molecule has 1 aromatic heterocycles. The highest BCUT2D eigenvalue weighted by atomic mass is 16.4. The molecule has 0 aliphatic carbocycles. The zero-order chi connectivity index (χ0) is 10.6. The average molecular weight is 195 g/mol. The number of carboxylic acid groups (broad SMARTS) is 1. The van der Waals surface area contributed by atoms with Crippen molar-refractivity contribution in [2.45, 2.75) is 6.92 Å². The third-order valence-corrected chi connectivity index (χ3v) is 1.65. The SMILES string of the molecule is CC(=CC(=O)O)CNc1cnn(C)c1. The van der Waals surface area contributed by atoms with Crippen LogP contribution in [0.4, 0.5) is 5.69 Å². The van der Waals surface area contributed by atoms with E-state index in [1.807, 2.05) is 13.2 Å². The third-order valence-electron chi connectivity index (χ3n) is 1.65. The van der Waals surface area contributed by atoms with E-state index in [1.54, 1.807) is 17.8 Å². The van der Waals surface area contributed by atoms with E-state index in [4.69, 9.17) is 5.11 Å². The minimum atomic E-state index is -0.921. The van der Waals surface area contributed by atoms with Crippen LogP contribution in [0, 0.1) is 0 Å². The van der Waals surface area contributed by atoms with E-state index < -0.39 is 5.97 Å². The van der Waals surface area contributed by atoms with Crippen LogP contribution in [-0.2, 0) is 11.8 Å². The van der Waals surface area contributed by atoms with Gasteiger partial charge >= 0.3 is 5.97 Å². The van der Waals surface area contributed by atoms with Crippen LogP contribution in [0.1, 0.15) is 6.92 Å². The summed E-state index contributed by atoms with van der Waals surface area (Å²) in [6, 6.07) is 0. The number of nitrogens with one attached hydrogen (secondary N) is 1. The molecule has 0 aromatic carbocycles. The molecule has 0 radical (unpaired) electrons. The quantitative estimate of drug-likeness (QED) is 0.699. The fourth-order valence-electron chi connectivity index (χ4n) is 1.02. The average Bonchev–Trinajstić information content (AvgIpc) is 2.47. The van der Waals surface area contributed by atoms with Crippen molar-refractivity contribution in [2.75, 3.05) is 11.9 Å². The highest BCUT2D eigenvalue weighted by Gasteiger charge is 1.96. The number of aromatic nitrogens is 2. The number of rotatable bonds is 4. The molecular weight excluding hydrogens is 182 g/mol. The number of nitrogens with zero attached hydrogens (tertiary/aromatic N) is 2. The maximum atomic E-state index is 10.3. The molecule has 0 aliphatic heterocycles. The van der Waals surface area contributed by atoms with E-state index in [1.165, 1.54) is 6.08 Å². The zero-order valence-corrected chi connectivity index (χ0v) is 8.19. The summed E-state index contributed by atoms with van der Waals surface area (Å²) in [4.78, 5) is 10.3. The first-order valence-electron chi connectivity index (χ1n) is 4.20. The number of aliphatic carboxylic acids is 1. The summed E-state index contributed by atoms with van der Waals surface area (Å²) >= 11 is 0. The fourth-order valence-corrected chi connectivity index (χ4v) is 1.02. The lowest BCUT2D eigenvalue weighted by molar-refractivity contribution is -0.131. The van der Waals surface area contributed by atoms with Gasteiger partial charge in [-0.2, -0.15) is 5.10 Å². The van der Waals surface area contributed by atoms with Gasteiger partial charge < -0.3 is 10.4 Å². The van der Waals surface area contributed by atoms with Crippen molar-refractivity contribution in [2.24, 2.45) is 7.05 Å². The van der Waals surface area contributed by atoms with Crippen molar-refractivity contribution >= 4 is 11.7 Å². The van der Waals surface area contributed by atoms with Crippen molar-refractivity contribution in [1.82, 2.24) is 9.78 Å². The molecule has 5 nitrogen and oxygen atoms in total. The predicted octanol–water partition coefficient (Wildman–Crippen LogP) is 0.863. The summed E-state index contributed by atoms with van der Waals surface area (Å²) in [5.74, 6) is -0.921. The molecule has 0 unspecified atom stereocenters. The normalized spacial score (nSPS) is 11.4. The molecule has 0 spiro atoms. The standard InChI is InChI=1S/C9H13N3O2/c1-7(3-9(13)14)4-10-8-5-11-12(2)6-8/h3,5-6,10H,4H2,1-2H3,(H,13,14). The van der Waals surface area contributed by atoms with Gasteiger partial charge in [-0.3, -0.25) is 4.68 Å². The topological polar surface area (TPSA) is 67.2 Å². The second-order valence-corrected chi connectivity index (χ2v) is 3.09. The van der Waals surface area contributed by atoms with E-state index >= 15 is 0 Å². The highest BCUT2D eigenvalue weighted by Crippen LogP contribution is 2.04. The minimum Gasteiger partial charge on any atom is -0.478 e. The van der Waals surface area contributed by atoms with Crippen LogP contribution < -0.4 is 5.32 Å². The van der Waals surface area contributed by atoms with Crippen LogP contribution in [0.3, 0.4) is 0 Å². The summed E-state index contributed by atoms with van der Waals surface area (Å²) in [6.45, 7) is 2.27. The van der Waals surface area contributed by atoms with E-state index in [0.717, 1.165) is 11.3 Å². The molecule has 1 aromatic rings. The second kappa shape index (κ2) is 4.45. The Morgan fingerprint density at radius 1 is 1.79 bits per heavy atom. The van der Waals surface area contributed by atoms with Gasteiger partial charge in [0.15, 0.2) is 0 Å². The third kappa shape index (κ3) is 3.30. The first kappa shape index (κ1) is 10.3. The number of carboxylic acids is 1. The predicted molar refractivity (Wildman–Crippen MR) is 53.1 cm³/mol. The van der Waals surface area contributed by atoms with Crippen LogP contribution in [0.5, 0.6) is 0 Å². The maximum Gasteiger partial charge on any atom is 0.328 e. The Morgan fingerprint density at radius 3 is 3.00 bits per heavy atom. The number of hydrogen-bond acceptors (Lipinski definition) is 3. The van der Waals surface area contributed by atoms with Crippen molar-refractivity contribution < 1.29 is 9.90 Å². The highest BCUT2D eigenvalue weighted by molar-refractivity contribution is 5.80. The smallest absolute Gasteiger partial charge is 0.328 e. The lowest BCUT2D eigenvalue weighted by Crippen LogP contribution is -2.03. The lowest BCUT2D eigenvalue weighted by atomic mass is 10.3. The Bertz CT molecular complexity index is 355. The first-order valence-corrected chi connectivity index (χ1v) is 4.20. The summed E-state index contributed by atoms with van der Waals surface area (Å²) in [6.07, 6.45) is 4.70. The van der Waals surface area contributed by atoms with E-state index in [9.17, 15) is 4.79 Å². The molecule has 0 saturated heterocycles. The van der Waals surface area contributed by atoms with Gasteiger partial charge in [-0.05, 0) is 12.5 Å².